The largest absolute Gasteiger partial charge is 0.322 e. The number of hydrogen-bond donors (Lipinski definition) is 1. The summed E-state index contributed by atoms with van der Waals surface area (Å²) in [7, 11) is 0. The van der Waals surface area contributed by atoms with E-state index in [0.717, 1.165) is 16.8 Å². The molecule has 1 N–H and O–H groups in total. The minimum absolute atomic E-state index is 0.116. The van der Waals surface area contributed by atoms with Gasteiger partial charge in [-0.1, -0.05) is 48.0 Å². The smallest absolute Gasteiger partial charge is 0.248 e. The van der Waals surface area contributed by atoms with Crippen LogP contribution in [-0.4, -0.2) is 5.91 Å². The average molecular weight is 251 g/mol. The monoisotopic (exact) mass is 251 g/mol. The summed E-state index contributed by atoms with van der Waals surface area (Å²) < 4.78 is 0. The van der Waals surface area contributed by atoms with Crippen LogP contribution in [0, 0.1) is 13.8 Å². The van der Waals surface area contributed by atoms with Crippen LogP contribution in [0.4, 0.5) is 5.69 Å². The van der Waals surface area contributed by atoms with E-state index in [1.54, 1.807) is 6.08 Å². The summed E-state index contributed by atoms with van der Waals surface area (Å²) in [5.74, 6) is -0.116. The third-order valence-corrected chi connectivity index (χ3v) is 2.91. The SMILES string of the molecule is Cc1ccc(/C=C/C(=O)Nc2ccccc2C)cc1. The maximum Gasteiger partial charge on any atom is 0.248 e. The summed E-state index contributed by atoms with van der Waals surface area (Å²) in [5.41, 5.74) is 4.13. The number of hydrogen-bond acceptors (Lipinski definition) is 1. The Morgan fingerprint density at radius 1 is 1.00 bits per heavy atom. The van der Waals surface area contributed by atoms with Gasteiger partial charge in [0.1, 0.15) is 0 Å². The molecule has 0 atom stereocenters. The number of benzene rings is 2. The van der Waals surface area contributed by atoms with E-state index in [-0.39, 0.29) is 5.91 Å². The van der Waals surface area contributed by atoms with Crippen molar-refractivity contribution in [2.45, 2.75) is 13.8 Å². The molecule has 2 heteroatoms. The van der Waals surface area contributed by atoms with Gasteiger partial charge in [-0.05, 0) is 37.1 Å². The van der Waals surface area contributed by atoms with E-state index in [0.29, 0.717) is 0 Å². The van der Waals surface area contributed by atoms with Crippen molar-refractivity contribution >= 4 is 17.7 Å². The van der Waals surface area contributed by atoms with Gasteiger partial charge in [-0.15, -0.1) is 0 Å². The second-order valence-corrected chi connectivity index (χ2v) is 4.55. The average Bonchev–Trinajstić information content (AvgIpc) is 2.41. The fourth-order valence-electron chi connectivity index (χ4n) is 1.74. The number of aryl methyl sites for hydroxylation is 2. The Kier molecular flexibility index (Phi) is 4.14. The molecule has 2 rings (SSSR count). The first-order chi connectivity index (χ1) is 9.15. The number of rotatable bonds is 3. The summed E-state index contributed by atoms with van der Waals surface area (Å²) in [4.78, 5) is 11.8. The van der Waals surface area contributed by atoms with E-state index in [4.69, 9.17) is 0 Å². The zero-order chi connectivity index (χ0) is 13.7. The number of para-hydroxylation sites is 1. The minimum atomic E-state index is -0.116. The summed E-state index contributed by atoms with van der Waals surface area (Å²) in [6.07, 6.45) is 3.37. The third-order valence-electron chi connectivity index (χ3n) is 2.91. The number of carbonyl (C=O) groups is 1. The van der Waals surface area contributed by atoms with Gasteiger partial charge in [0, 0.05) is 11.8 Å². The van der Waals surface area contributed by atoms with Gasteiger partial charge in [-0.3, -0.25) is 4.79 Å². The number of nitrogens with one attached hydrogen (secondary N) is 1. The molecule has 0 bridgehead atoms. The Hall–Kier alpha value is -2.35. The summed E-state index contributed by atoms with van der Waals surface area (Å²) in [6, 6.07) is 15.8. The molecule has 0 aliphatic rings. The lowest BCUT2D eigenvalue weighted by molar-refractivity contribution is -0.111. The molecule has 0 spiro atoms. The highest BCUT2D eigenvalue weighted by Gasteiger charge is 1.99. The van der Waals surface area contributed by atoms with Gasteiger partial charge < -0.3 is 5.32 Å². The number of anilines is 1. The minimum Gasteiger partial charge on any atom is -0.322 e. The molecular weight excluding hydrogens is 234 g/mol. The predicted molar refractivity (Wildman–Crippen MR) is 80.0 cm³/mol. The van der Waals surface area contributed by atoms with Gasteiger partial charge in [0.25, 0.3) is 0 Å². The predicted octanol–water partition coefficient (Wildman–Crippen LogP) is 3.96. The van der Waals surface area contributed by atoms with Crippen molar-refractivity contribution in [1.82, 2.24) is 0 Å². The van der Waals surface area contributed by atoms with Gasteiger partial charge in [-0.25, -0.2) is 0 Å². The van der Waals surface area contributed by atoms with E-state index in [9.17, 15) is 4.79 Å². The van der Waals surface area contributed by atoms with Crippen LogP contribution in [-0.2, 0) is 4.79 Å². The van der Waals surface area contributed by atoms with Crippen LogP contribution in [0.15, 0.2) is 54.6 Å². The third kappa shape index (κ3) is 3.81. The van der Waals surface area contributed by atoms with Crippen molar-refractivity contribution in [2.75, 3.05) is 5.32 Å². The first-order valence-corrected chi connectivity index (χ1v) is 6.26. The Morgan fingerprint density at radius 2 is 1.68 bits per heavy atom. The summed E-state index contributed by atoms with van der Waals surface area (Å²) in [6.45, 7) is 4.01. The van der Waals surface area contributed by atoms with Crippen LogP contribution in [0.25, 0.3) is 6.08 Å². The zero-order valence-corrected chi connectivity index (χ0v) is 11.2. The molecule has 1 amide bonds. The highest BCUT2D eigenvalue weighted by atomic mass is 16.1. The van der Waals surface area contributed by atoms with Crippen molar-refractivity contribution in [1.29, 1.82) is 0 Å². The molecule has 96 valence electrons. The first kappa shape index (κ1) is 13.1. The topological polar surface area (TPSA) is 29.1 Å². The molecule has 0 unspecified atom stereocenters. The molecule has 2 aromatic rings. The number of amides is 1. The van der Waals surface area contributed by atoms with E-state index in [2.05, 4.69) is 5.32 Å². The molecule has 0 fully saturated rings. The van der Waals surface area contributed by atoms with Crippen LogP contribution >= 0.6 is 0 Å². The number of carbonyl (C=O) groups excluding carboxylic acids is 1. The zero-order valence-electron chi connectivity index (χ0n) is 11.2. The van der Waals surface area contributed by atoms with Crippen molar-refractivity contribution < 1.29 is 4.79 Å². The van der Waals surface area contributed by atoms with Crippen molar-refractivity contribution in [3.05, 3.63) is 71.3 Å². The molecule has 2 aromatic carbocycles. The molecule has 19 heavy (non-hydrogen) atoms. The second-order valence-electron chi connectivity index (χ2n) is 4.55. The Morgan fingerprint density at radius 3 is 2.37 bits per heavy atom. The van der Waals surface area contributed by atoms with E-state index in [1.807, 2.05) is 68.5 Å². The second kappa shape index (κ2) is 6.01. The summed E-state index contributed by atoms with van der Waals surface area (Å²) >= 11 is 0. The Labute approximate surface area is 113 Å². The van der Waals surface area contributed by atoms with Crippen molar-refractivity contribution in [2.24, 2.45) is 0 Å². The Bertz CT molecular complexity index is 597. The van der Waals surface area contributed by atoms with Crippen LogP contribution in [0.3, 0.4) is 0 Å². The maximum atomic E-state index is 11.8. The molecule has 0 saturated heterocycles. The molecule has 0 heterocycles. The molecule has 0 aromatic heterocycles. The van der Waals surface area contributed by atoms with E-state index >= 15 is 0 Å². The molecule has 2 nitrogen and oxygen atoms in total. The van der Waals surface area contributed by atoms with Crippen molar-refractivity contribution in [3.63, 3.8) is 0 Å². The van der Waals surface area contributed by atoms with E-state index in [1.165, 1.54) is 5.56 Å². The standard InChI is InChI=1S/C17H17NO/c1-13-7-9-15(10-8-13)11-12-17(19)18-16-6-4-3-5-14(16)2/h3-12H,1-2H3,(H,18,19)/b12-11+. The highest BCUT2D eigenvalue weighted by molar-refractivity contribution is 6.02. The molecule has 0 aliphatic carbocycles. The van der Waals surface area contributed by atoms with Gasteiger partial charge >= 0.3 is 0 Å². The first-order valence-electron chi connectivity index (χ1n) is 6.26. The lowest BCUT2D eigenvalue weighted by Gasteiger charge is -2.05. The van der Waals surface area contributed by atoms with E-state index < -0.39 is 0 Å². The maximum absolute atomic E-state index is 11.8. The lowest BCUT2D eigenvalue weighted by Crippen LogP contribution is -2.08. The quantitative estimate of drug-likeness (QED) is 0.822. The van der Waals surface area contributed by atoms with Gasteiger partial charge in [0.2, 0.25) is 5.91 Å². The highest BCUT2D eigenvalue weighted by Crippen LogP contribution is 2.13. The fraction of sp³-hybridized carbons (Fsp3) is 0.118. The summed E-state index contributed by atoms with van der Waals surface area (Å²) in [5, 5.41) is 2.87. The lowest BCUT2D eigenvalue weighted by atomic mass is 10.1. The van der Waals surface area contributed by atoms with Gasteiger partial charge in [0.05, 0.1) is 0 Å². The normalized spacial score (nSPS) is 10.6. The van der Waals surface area contributed by atoms with Crippen molar-refractivity contribution in [3.8, 4) is 0 Å². The van der Waals surface area contributed by atoms with Gasteiger partial charge in [0.15, 0.2) is 0 Å². The van der Waals surface area contributed by atoms with Crippen LogP contribution in [0.1, 0.15) is 16.7 Å². The molecule has 0 saturated carbocycles. The van der Waals surface area contributed by atoms with Crippen LogP contribution < -0.4 is 5.32 Å². The molecule has 0 aliphatic heterocycles. The van der Waals surface area contributed by atoms with Crippen LogP contribution in [0.5, 0.6) is 0 Å². The Balaban J connectivity index is 2.02. The molecule has 0 radical (unpaired) electrons. The molecular formula is C17H17NO. The van der Waals surface area contributed by atoms with Gasteiger partial charge in [-0.2, -0.15) is 0 Å². The fourth-order valence-corrected chi connectivity index (χ4v) is 1.74. The van der Waals surface area contributed by atoms with Crippen LogP contribution in [0.2, 0.25) is 0 Å².